The molecule has 1 atom stereocenters. The molecule has 0 bridgehead atoms. The second-order valence-corrected chi connectivity index (χ2v) is 5.42. The van der Waals surface area contributed by atoms with Gasteiger partial charge >= 0.3 is 6.09 Å². The fraction of sp³-hybridized carbons (Fsp3) is 0.400. The van der Waals surface area contributed by atoms with Crippen molar-refractivity contribution < 1.29 is 14.3 Å². The minimum Gasteiger partial charge on any atom is -0.441 e. The smallest absolute Gasteiger partial charge is 0.408 e. The van der Waals surface area contributed by atoms with Gasteiger partial charge in [0.25, 0.3) is 0 Å². The highest BCUT2D eigenvalue weighted by Crippen LogP contribution is 2.14. The Labute approximate surface area is 128 Å². The van der Waals surface area contributed by atoms with Gasteiger partial charge in [-0.15, -0.1) is 0 Å². The number of amides is 2. The molecule has 118 valence electrons. The van der Waals surface area contributed by atoms with Gasteiger partial charge in [0.05, 0.1) is 11.0 Å². The summed E-state index contributed by atoms with van der Waals surface area (Å²) < 4.78 is 6.99. The van der Waals surface area contributed by atoms with Crippen LogP contribution in [0.25, 0.3) is 11.0 Å². The van der Waals surface area contributed by atoms with E-state index in [2.05, 4.69) is 10.3 Å². The van der Waals surface area contributed by atoms with Crippen LogP contribution in [0.4, 0.5) is 4.79 Å². The van der Waals surface area contributed by atoms with Crippen molar-refractivity contribution in [3.63, 3.8) is 0 Å². The number of aromatic nitrogens is 2. The Morgan fingerprint density at radius 2 is 2.05 bits per heavy atom. The summed E-state index contributed by atoms with van der Waals surface area (Å²) in [5, 5.41) is 2.47. The van der Waals surface area contributed by atoms with E-state index in [0.29, 0.717) is 5.82 Å². The van der Waals surface area contributed by atoms with Gasteiger partial charge in [0, 0.05) is 7.05 Å². The zero-order valence-electron chi connectivity index (χ0n) is 12.9. The molecule has 7 heteroatoms. The van der Waals surface area contributed by atoms with Crippen molar-refractivity contribution in [1.29, 1.82) is 0 Å². The number of nitrogens with one attached hydrogen (secondary N) is 1. The maximum absolute atomic E-state index is 11.8. The van der Waals surface area contributed by atoms with Crippen LogP contribution in [0.3, 0.4) is 0 Å². The van der Waals surface area contributed by atoms with Crippen molar-refractivity contribution in [2.75, 3.05) is 0 Å². The van der Waals surface area contributed by atoms with Crippen LogP contribution in [-0.4, -0.2) is 27.6 Å². The third kappa shape index (κ3) is 3.36. The lowest BCUT2D eigenvalue weighted by molar-refractivity contribution is -0.120. The van der Waals surface area contributed by atoms with Crippen LogP contribution in [0.1, 0.15) is 19.7 Å². The number of benzene rings is 1. The number of para-hydroxylation sites is 2. The Bertz CT molecular complexity index is 693. The first-order valence-corrected chi connectivity index (χ1v) is 7.03. The van der Waals surface area contributed by atoms with E-state index in [0.717, 1.165) is 11.0 Å². The second-order valence-electron chi connectivity index (χ2n) is 5.42. The number of carbonyl (C=O) groups is 2. The molecule has 0 fully saturated rings. The van der Waals surface area contributed by atoms with Gasteiger partial charge in [-0.3, -0.25) is 4.79 Å². The number of imidazole rings is 1. The zero-order valence-corrected chi connectivity index (χ0v) is 12.9. The van der Waals surface area contributed by atoms with Gasteiger partial charge in [0.2, 0.25) is 5.91 Å². The molecule has 1 aromatic carbocycles. The molecule has 0 aliphatic carbocycles. The third-order valence-electron chi connectivity index (χ3n) is 3.46. The van der Waals surface area contributed by atoms with Gasteiger partial charge in [-0.05, 0) is 18.1 Å². The summed E-state index contributed by atoms with van der Waals surface area (Å²) in [5.41, 5.74) is 7.03. The molecular weight excluding hydrogens is 284 g/mol. The van der Waals surface area contributed by atoms with E-state index in [-0.39, 0.29) is 12.5 Å². The standard InChI is InChI=1S/C15H20N4O3/c1-9(2)13(14(16)20)18-15(21)22-8-12-17-10-6-4-5-7-11(10)19(12)3/h4-7,9,13H,8H2,1-3H3,(H2,16,20)(H,18,21)/t13-/m0/s1. The van der Waals surface area contributed by atoms with E-state index < -0.39 is 18.0 Å². The summed E-state index contributed by atoms with van der Waals surface area (Å²) in [4.78, 5) is 27.4. The number of hydrogen-bond acceptors (Lipinski definition) is 4. The molecule has 0 spiro atoms. The molecule has 7 nitrogen and oxygen atoms in total. The monoisotopic (exact) mass is 304 g/mol. The topological polar surface area (TPSA) is 99.2 Å². The molecule has 0 unspecified atom stereocenters. The van der Waals surface area contributed by atoms with Crippen LogP contribution in [0, 0.1) is 5.92 Å². The number of aryl methyl sites for hydroxylation is 1. The zero-order chi connectivity index (χ0) is 16.3. The maximum Gasteiger partial charge on any atom is 0.408 e. The second kappa shape index (κ2) is 6.46. The highest BCUT2D eigenvalue weighted by molar-refractivity contribution is 5.84. The highest BCUT2D eigenvalue weighted by Gasteiger charge is 2.22. The Morgan fingerprint density at radius 3 is 2.64 bits per heavy atom. The number of primary amides is 1. The Balaban J connectivity index is 2.01. The van der Waals surface area contributed by atoms with Crippen molar-refractivity contribution in [3.8, 4) is 0 Å². The number of hydrogen-bond donors (Lipinski definition) is 2. The Hall–Kier alpha value is -2.57. The lowest BCUT2D eigenvalue weighted by Gasteiger charge is -2.18. The molecule has 0 aliphatic heterocycles. The maximum atomic E-state index is 11.8. The fourth-order valence-electron chi connectivity index (χ4n) is 2.19. The summed E-state index contributed by atoms with van der Waals surface area (Å²) in [6, 6.07) is 6.89. The van der Waals surface area contributed by atoms with Gasteiger partial charge < -0.3 is 20.4 Å². The Morgan fingerprint density at radius 1 is 1.36 bits per heavy atom. The molecule has 0 saturated heterocycles. The molecule has 0 saturated carbocycles. The molecule has 3 N–H and O–H groups in total. The predicted molar refractivity (Wildman–Crippen MR) is 81.9 cm³/mol. The van der Waals surface area contributed by atoms with Gasteiger partial charge in [-0.2, -0.15) is 0 Å². The Kier molecular flexibility index (Phi) is 4.65. The van der Waals surface area contributed by atoms with E-state index in [1.807, 2.05) is 35.9 Å². The fourth-order valence-corrected chi connectivity index (χ4v) is 2.19. The largest absolute Gasteiger partial charge is 0.441 e. The van der Waals surface area contributed by atoms with Crippen molar-refractivity contribution in [3.05, 3.63) is 30.1 Å². The van der Waals surface area contributed by atoms with E-state index >= 15 is 0 Å². The first-order valence-electron chi connectivity index (χ1n) is 7.03. The molecular formula is C15H20N4O3. The van der Waals surface area contributed by atoms with Gasteiger partial charge in [-0.1, -0.05) is 26.0 Å². The first-order chi connectivity index (χ1) is 10.4. The quantitative estimate of drug-likeness (QED) is 0.870. The molecule has 2 amide bonds. The van der Waals surface area contributed by atoms with Gasteiger partial charge in [0.1, 0.15) is 11.9 Å². The summed E-state index contributed by atoms with van der Waals surface area (Å²) in [6.07, 6.45) is -0.690. The van der Waals surface area contributed by atoms with Crippen molar-refractivity contribution in [1.82, 2.24) is 14.9 Å². The van der Waals surface area contributed by atoms with Crippen LogP contribution in [0.5, 0.6) is 0 Å². The van der Waals surface area contributed by atoms with Crippen LogP contribution >= 0.6 is 0 Å². The molecule has 22 heavy (non-hydrogen) atoms. The first kappa shape index (κ1) is 15.8. The van der Waals surface area contributed by atoms with Crippen molar-refractivity contribution in [2.24, 2.45) is 18.7 Å². The average Bonchev–Trinajstić information content (AvgIpc) is 2.79. The number of rotatable bonds is 5. The van der Waals surface area contributed by atoms with E-state index in [1.54, 1.807) is 13.8 Å². The summed E-state index contributed by atoms with van der Waals surface area (Å²) in [7, 11) is 1.85. The van der Waals surface area contributed by atoms with Crippen molar-refractivity contribution in [2.45, 2.75) is 26.5 Å². The van der Waals surface area contributed by atoms with Crippen LogP contribution in [0.2, 0.25) is 0 Å². The molecule has 2 rings (SSSR count). The molecule has 0 radical (unpaired) electrons. The molecule has 2 aromatic rings. The number of alkyl carbamates (subject to hydrolysis) is 1. The van der Waals surface area contributed by atoms with Gasteiger partial charge in [0.15, 0.2) is 6.61 Å². The van der Waals surface area contributed by atoms with E-state index in [1.165, 1.54) is 0 Å². The summed E-state index contributed by atoms with van der Waals surface area (Å²) in [5.74, 6) is -0.0769. The van der Waals surface area contributed by atoms with E-state index in [4.69, 9.17) is 10.5 Å². The summed E-state index contributed by atoms with van der Waals surface area (Å²) in [6.45, 7) is 3.60. The van der Waals surface area contributed by atoms with Crippen LogP contribution < -0.4 is 11.1 Å². The lowest BCUT2D eigenvalue weighted by atomic mass is 10.0. The number of nitrogens with two attached hydrogens (primary N) is 1. The summed E-state index contributed by atoms with van der Waals surface area (Å²) >= 11 is 0. The van der Waals surface area contributed by atoms with Crippen molar-refractivity contribution >= 4 is 23.0 Å². The molecule has 0 aliphatic rings. The lowest BCUT2D eigenvalue weighted by Crippen LogP contribution is -2.47. The van der Waals surface area contributed by atoms with E-state index in [9.17, 15) is 9.59 Å². The van der Waals surface area contributed by atoms with Crippen LogP contribution in [-0.2, 0) is 23.2 Å². The van der Waals surface area contributed by atoms with Gasteiger partial charge in [-0.25, -0.2) is 9.78 Å². The molecule has 1 aromatic heterocycles. The number of nitrogens with zero attached hydrogens (tertiary/aromatic N) is 2. The minimum atomic E-state index is -0.757. The average molecular weight is 304 g/mol. The number of ether oxygens (including phenoxy) is 1. The predicted octanol–water partition coefficient (Wildman–Crippen LogP) is 1.31. The minimum absolute atomic E-state index is 0.0145. The normalized spacial score (nSPS) is 12.4. The van der Waals surface area contributed by atoms with Crippen LogP contribution in [0.15, 0.2) is 24.3 Å². The highest BCUT2D eigenvalue weighted by atomic mass is 16.5. The SMILES string of the molecule is CC(C)[C@H](NC(=O)OCc1nc2ccccc2n1C)C(N)=O. The number of carbonyl (C=O) groups excluding carboxylic acids is 2. The third-order valence-corrected chi connectivity index (χ3v) is 3.46. The molecule has 1 heterocycles. The number of fused-ring (bicyclic) bond motifs is 1.